The molecule has 0 fully saturated rings. The number of benzene rings is 1. The Morgan fingerprint density at radius 3 is 2.61 bits per heavy atom. The number of hydrogen-bond acceptors (Lipinski definition) is 6. The van der Waals surface area contributed by atoms with Crippen molar-refractivity contribution in [1.29, 1.82) is 0 Å². The number of amides is 2. The van der Waals surface area contributed by atoms with E-state index in [1.807, 2.05) is 0 Å². The van der Waals surface area contributed by atoms with Crippen LogP contribution in [0.2, 0.25) is 0 Å². The number of primary amides is 1. The van der Waals surface area contributed by atoms with E-state index in [0.717, 1.165) is 0 Å². The van der Waals surface area contributed by atoms with Gasteiger partial charge in [0.25, 0.3) is 5.91 Å². The Labute approximate surface area is 187 Å². The number of carbonyl (C=O) groups is 2. The van der Waals surface area contributed by atoms with E-state index >= 15 is 0 Å². The molecule has 0 bridgehead atoms. The van der Waals surface area contributed by atoms with Crippen LogP contribution in [0.15, 0.2) is 29.3 Å². The van der Waals surface area contributed by atoms with E-state index in [1.165, 1.54) is 18.3 Å². The van der Waals surface area contributed by atoms with E-state index in [2.05, 4.69) is 14.7 Å². The van der Waals surface area contributed by atoms with E-state index in [9.17, 15) is 31.2 Å². The summed E-state index contributed by atoms with van der Waals surface area (Å²) in [5.74, 6) is -2.79. The van der Waals surface area contributed by atoms with Crippen LogP contribution in [0, 0.1) is 0 Å². The fourth-order valence-electron chi connectivity index (χ4n) is 4.07. The second-order valence-electron chi connectivity index (χ2n) is 8.00. The van der Waals surface area contributed by atoms with Crippen LogP contribution in [0.5, 0.6) is 0 Å². The highest BCUT2D eigenvalue weighted by molar-refractivity contribution is 7.89. The third-order valence-corrected chi connectivity index (χ3v) is 7.24. The van der Waals surface area contributed by atoms with E-state index in [1.54, 1.807) is 6.07 Å². The fraction of sp³-hybridized carbons (Fsp3) is 0.400. The van der Waals surface area contributed by atoms with Crippen LogP contribution in [0.3, 0.4) is 0 Å². The van der Waals surface area contributed by atoms with Crippen molar-refractivity contribution in [2.24, 2.45) is 5.73 Å². The van der Waals surface area contributed by atoms with Gasteiger partial charge in [0.05, 0.1) is 4.90 Å². The average molecular weight is 483 g/mol. The Morgan fingerprint density at radius 2 is 1.91 bits per heavy atom. The zero-order valence-electron chi connectivity index (χ0n) is 17.2. The number of fused-ring (bicyclic) bond motifs is 2. The van der Waals surface area contributed by atoms with Crippen LogP contribution < -0.4 is 10.5 Å². The lowest BCUT2D eigenvalue weighted by Crippen LogP contribution is -2.43. The molecule has 0 saturated heterocycles. The average Bonchev–Trinajstić information content (AvgIpc) is 2.76. The molecule has 0 radical (unpaired) electrons. The first kappa shape index (κ1) is 23.1. The summed E-state index contributed by atoms with van der Waals surface area (Å²) < 4.78 is 66.9. The minimum atomic E-state index is -4.98. The molecule has 1 aromatic carbocycles. The van der Waals surface area contributed by atoms with Crippen LogP contribution in [-0.2, 0) is 40.6 Å². The van der Waals surface area contributed by atoms with Crippen molar-refractivity contribution in [3.63, 3.8) is 0 Å². The number of aromatic nitrogens is 2. The molecular weight excluding hydrogens is 463 g/mol. The van der Waals surface area contributed by atoms with E-state index in [0.29, 0.717) is 46.5 Å². The van der Waals surface area contributed by atoms with Gasteiger partial charge in [-0.05, 0) is 54.5 Å². The smallest absolute Gasteiger partial charge is 0.363 e. The summed E-state index contributed by atoms with van der Waals surface area (Å²) in [5.41, 5.74) is 7.59. The Hall–Kier alpha value is -3.06. The standard InChI is InChI=1S/C20H20F3N5O4S/c21-20(22,23)19(30)28-6-5-11-1-3-15(8-13(11)10-28)33(31,32)27-14-2-4-16-12(7-14)9-25-18(26-16)17(24)29/h1,3,8-9,14,27H,2,4-7,10H2,(H2,24,29). The van der Waals surface area contributed by atoms with Gasteiger partial charge in [-0.3, -0.25) is 9.59 Å². The number of nitrogens with one attached hydrogen (secondary N) is 1. The zero-order valence-corrected chi connectivity index (χ0v) is 18.0. The third kappa shape index (κ3) is 4.83. The van der Waals surface area contributed by atoms with Crippen molar-refractivity contribution in [1.82, 2.24) is 19.6 Å². The second kappa shape index (κ2) is 8.37. The molecule has 1 aliphatic heterocycles. The topological polar surface area (TPSA) is 135 Å². The van der Waals surface area contributed by atoms with Gasteiger partial charge in [-0.2, -0.15) is 13.2 Å². The number of nitrogens with zero attached hydrogens (tertiary/aromatic N) is 3. The van der Waals surface area contributed by atoms with Crippen molar-refractivity contribution in [2.45, 2.75) is 49.3 Å². The molecule has 1 unspecified atom stereocenters. The number of halogens is 3. The predicted octanol–water partition coefficient (Wildman–Crippen LogP) is 0.858. The predicted molar refractivity (Wildman–Crippen MR) is 108 cm³/mol. The lowest BCUT2D eigenvalue weighted by molar-refractivity contribution is -0.186. The largest absolute Gasteiger partial charge is 0.471 e. The molecule has 1 aliphatic carbocycles. The first-order chi connectivity index (χ1) is 15.4. The summed E-state index contributed by atoms with van der Waals surface area (Å²) >= 11 is 0. The van der Waals surface area contributed by atoms with E-state index < -0.39 is 34.1 Å². The first-order valence-corrected chi connectivity index (χ1v) is 11.6. The zero-order chi connectivity index (χ0) is 24.0. The lowest BCUT2D eigenvalue weighted by atomic mass is 9.93. The summed E-state index contributed by atoms with van der Waals surface area (Å²) in [4.78, 5) is 31.4. The number of sulfonamides is 1. The van der Waals surface area contributed by atoms with Gasteiger partial charge < -0.3 is 10.6 Å². The molecule has 13 heteroatoms. The number of aryl methyl sites for hydroxylation is 1. The van der Waals surface area contributed by atoms with Crippen LogP contribution in [0.1, 0.15) is 39.4 Å². The van der Waals surface area contributed by atoms with Gasteiger partial charge in [-0.1, -0.05) is 6.07 Å². The summed E-state index contributed by atoms with van der Waals surface area (Å²) in [6.45, 7) is -0.399. The Morgan fingerprint density at radius 1 is 1.15 bits per heavy atom. The highest BCUT2D eigenvalue weighted by Crippen LogP contribution is 2.27. The van der Waals surface area contributed by atoms with Crippen molar-refractivity contribution < 1.29 is 31.2 Å². The number of alkyl halides is 3. The molecule has 9 nitrogen and oxygen atoms in total. The lowest BCUT2D eigenvalue weighted by Gasteiger charge is -2.30. The fourth-order valence-corrected chi connectivity index (χ4v) is 5.39. The first-order valence-electron chi connectivity index (χ1n) is 10.1. The van der Waals surface area contributed by atoms with E-state index in [-0.39, 0.29) is 30.2 Å². The molecular formula is C20H20F3N5O4S. The highest BCUT2D eigenvalue weighted by Gasteiger charge is 2.43. The molecule has 2 heterocycles. The van der Waals surface area contributed by atoms with Gasteiger partial charge in [0.2, 0.25) is 15.8 Å². The Bertz CT molecular complexity index is 1230. The van der Waals surface area contributed by atoms with Gasteiger partial charge >= 0.3 is 12.1 Å². The number of rotatable bonds is 4. The molecule has 1 atom stereocenters. The summed E-state index contributed by atoms with van der Waals surface area (Å²) in [5, 5.41) is 0. The molecule has 4 rings (SSSR count). The van der Waals surface area contributed by atoms with E-state index in [4.69, 9.17) is 5.73 Å². The van der Waals surface area contributed by atoms with Gasteiger partial charge in [0.1, 0.15) is 0 Å². The molecule has 2 aliphatic rings. The Kier molecular flexibility index (Phi) is 5.86. The van der Waals surface area contributed by atoms with Gasteiger partial charge in [0.15, 0.2) is 0 Å². The Balaban J connectivity index is 1.50. The highest BCUT2D eigenvalue weighted by atomic mass is 32.2. The van der Waals surface area contributed by atoms with Gasteiger partial charge in [-0.15, -0.1) is 0 Å². The maximum absolute atomic E-state index is 13.0. The minimum absolute atomic E-state index is 0.0866. The van der Waals surface area contributed by atoms with Crippen molar-refractivity contribution >= 4 is 21.8 Å². The molecule has 0 spiro atoms. The van der Waals surface area contributed by atoms with Crippen LogP contribution in [0.25, 0.3) is 0 Å². The van der Waals surface area contributed by atoms with Crippen molar-refractivity contribution in [3.8, 4) is 0 Å². The van der Waals surface area contributed by atoms with Crippen LogP contribution >= 0.6 is 0 Å². The quantitative estimate of drug-likeness (QED) is 0.662. The summed E-state index contributed by atoms with van der Waals surface area (Å²) in [6.07, 6.45) is -2.16. The number of nitrogens with two attached hydrogens (primary N) is 1. The maximum Gasteiger partial charge on any atom is 0.471 e. The van der Waals surface area contributed by atoms with Crippen LogP contribution in [-0.4, -0.2) is 53.9 Å². The normalized spacial score (nSPS) is 18.4. The summed E-state index contributed by atoms with van der Waals surface area (Å²) in [6, 6.07) is 3.83. The minimum Gasteiger partial charge on any atom is -0.363 e. The van der Waals surface area contributed by atoms with Crippen molar-refractivity contribution in [3.05, 3.63) is 52.6 Å². The molecule has 3 N–H and O–H groups in total. The number of hydrogen-bond donors (Lipinski definition) is 2. The monoisotopic (exact) mass is 483 g/mol. The van der Waals surface area contributed by atoms with Crippen molar-refractivity contribution in [2.75, 3.05) is 6.54 Å². The molecule has 2 aromatic rings. The maximum atomic E-state index is 13.0. The SMILES string of the molecule is NC(=O)c1ncc2c(n1)CCC(NS(=O)(=O)c1ccc3c(c1)CN(C(=O)C(F)(F)F)CC3)C2. The molecule has 2 amide bonds. The third-order valence-electron chi connectivity index (χ3n) is 5.72. The molecule has 1 aromatic heterocycles. The second-order valence-corrected chi connectivity index (χ2v) is 9.71. The summed E-state index contributed by atoms with van der Waals surface area (Å²) in [7, 11) is -3.97. The van der Waals surface area contributed by atoms with Gasteiger partial charge in [-0.25, -0.2) is 23.1 Å². The molecule has 33 heavy (non-hydrogen) atoms. The van der Waals surface area contributed by atoms with Crippen LogP contribution in [0.4, 0.5) is 13.2 Å². The number of carbonyl (C=O) groups excluding carboxylic acids is 2. The molecule has 176 valence electrons. The molecule has 0 saturated carbocycles. The van der Waals surface area contributed by atoms with Gasteiger partial charge in [0, 0.05) is 31.0 Å².